The van der Waals surface area contributed by atoms with E-state index < -0.39 is 11.7 Å². The summed E-state index contributed by atoms with van der Waals surface area (Å²) in [7, 11) is 1.59. The van der Waals surface area contributed by atoms with Gasteiger partial charge in [-0.3, -0.25) is 9.78 Å². The number of halogens is 3. The van der Waals surface area contributed by atoms with Crippen molar-refractivity contribution >= 4 is 11.6 Å². The van der Waals surface area contributed by atoms with Crippen LogP contribution >= 0.6 is 0 Å². The Labute approximate surface area is 180 Å². The van der Waals surface area contributed by atoms with Gasteiger partial charge in [0.1, 0.15) is 5.75 Å². The van der Waals surface area contributed by atoms with E-state index in [9.17, 15) is 18.0 Å². The third-order valence-corrected chi connectivity index (χ3v) is 5.02. The number of amides is 1. The molecule has 3 rings (SSSR count). The van der Waals surface area contributed by atoms with E-state index in [4.69, 9.17) is 9.84 Å². The molecule has 0 saturated carbocycles. The van der Waals surface area contributed by atoms with Crippen molar-refractivity contribution in [1.29, 1.82) is 0 Å². The number of benzene rings is 1. The third kappa shape index (κ3) is 6.33. The number of carbonyl (C=O) groups excluding carboxylic acids is 1. The Kier molecular flexibility index (Phi) is 8.67. The van der Waals surface area contributed by atoms with Gasteiger partial charge in [-0.05, 0) is 30.2 Å². The van der Waals surface area contributed by atoms with Gasteiger partial charge < -0.3 is 19.6 Å². The number of likely N-dealkylation sites (tertiary alicyclic amines) is 1. The lowest BCUT2D eigenvalue weighted by Crippen LogP contribution is -2.39. The monoisotopic (exact) mass is 439 g/mol. The summed E-state index contributed by atoms with van der Waals surface area (Å²) in [6.07, 6.45) is -1.60. The number of aromatic nitrogens is 1. The van der Waals surface area contributed by atoms with Crippen molar-refractivity contribution in [2.45, 2.75) is 39.1 Å². The van der Waals surface area contributed by atoms with E-state index >= 15 is 0 Å². The minimum Gasteiger partial charge on any atom is -0.484 e. The van der Waals surface area contributed by atoms with Gasteiger partial charge in [0.25, 0.3) is 5.91 Å². The first-order valence-corrected chi connectivity index (χ1v) is 10.1. The summed E-state index contributed by atoms with van der Waals surface area (Å²) < 4.78 is 45.3. The summed E-state index contributed by atoms with van der Waals surface area (Å²) in [5, 5.41) is 9.03. The number of aliphatic hydroxyl groups excluding tert-OH is 1. The predicted molar refractivity (Wildman–Crippen MR) is 112 cm³/mol. The molecule has 1 unspecified atom stereocenters. The number of likely N-dealkylation sites (N-methyl/N-ethyl adjacent to an activating group) is 1. The molecule has 1 aliphatic rings. The van der Waals surface area contributed by atoms with Crippen molar-refractivity contribution in [3.63, 3.8) is 0 Å². The molecular weight excluding hydrogens is 411 g/mol. The molecule has 6 nitrogen and oxygen atoms in total. The molecule has 1 atom stereocenters. The topological polar surface area (TPSA) is 65.9 Å². The minimum absolute atomic E-state index is 0.000443. The maximum Gasteiger partial charge on any atom is 0.418 e. The maximum atomic E-state index is 13.3. The maximum absolute atomic E-state index is 13.3. The van der Waals surface area contributed by atoms with Crippen molar-refractivity contribution < 1.29 is 27.8 Å². The summed E-state index contributed by atoms with van der Waals surface area (Å²) in [6, 6.07) is 7.45. The standard InChI is InChI=1S/C20H22F3N3O3.C2H6/c1-25(18-10-24-8-6-17(18)20(21,22)23)15-7-9-26(11-15)19(28)13-29-16-4-2-14(12-27)3-5-16;1-2/h2-6,8,10,15,27H,7,9,11-13H2,1H3;1-2H3. The third-order valence-electron chi connectivity index (χ3n) is 5.02. The van der Waals surface area contributed by atoms with Gasteiger partial charge in [-0.15, -0.1) is 0 Å². The summed E-state index contributed by atoms with van der Waals surface area (Å²) in [5.41, 5.74) is -0.00307. The highest BCUT2D eigenvalue weighted by Crippen LogP contribution is 2.36. The van der Waals surface area contributed by atoms with Crippen molar-refractivity contribution in [2.75, 3.05) is 31.6 Å². The minimum atomic E-state index is -4.47. The molecule has 1 saturated heterocycles. The predicted octanol–water partition coefficient (Wildman–Crippen LogP) is 3.74. The molecule has 1 fully saturated rings. The van der Waals surface area contributed by atoms with Gasteiger partial charge in [0.2, 0.25) is 0 Å². The van der Waals surface area contributed by atoms with Crippen LogP contribution in [0.4, 0.5) is 18.9 Å². The zero-order valence-electron chi connectivity index (χ0n) is 17.9. The Hall–Kier alpha value is -2.81. The highest BCUT2D eigenvalue weighted by molar-refractivity contribution is 5.78. The van der Waals surface area contributed by atoms with Crippen LogP contribution in [-0.4, -0.2) is 53.7 Å². The fourth-order valence-corrected chi connectivity index (χ4v) is 3.32. The fraction of sp³-hybridized carbons (Fsp3) is 0.455. The van der Waals surface area contributed by atoms with Crippen LogP contribution in [0.15, 0.2) is 42.7 Å². The van der Waals surface area contributed by atoms with Gasteiger partial charge >= 0.3 is 6.18 Å². The number of hydrogen-bond acceptors (Lipinski definition) is 5. The van der Waals surface area contributed by atoms with Gasteiger partial charge in [-0.1, -0.05) is 26.0 Å². The normalized spacial score (nSPS) is 15.8. The van der Waals surface area contributed by atoms with Crippen LogP contribution in [0, 0.1) is 0 Å². The quantitative estimate of drug-likeness (QED) is 0.743. The second-order valence-corrected chi connectivity index (χ2v) is 6.87. The number of ether oxygens (including phenoxy) is 1. The molecule has 1 aliphatic heterocycles. The summed E-state index contributed by atoms with van der Waals surface area (Å²) in [4.78, 5) is 19.4. The van der Waals surface area contributed by atoms with Gasteiger partial charge in [0, 0.05) is 32.4 Å². The zero-order valence-corrected chi connectivity index (χ0v) is 17.9. The molecule has 0 spiro atoms. The lowest BCUT2D eigenvalue weighted by Gasteiger charge is -2.29. The first kappa shape index (κ1) is 24.5. The molecule has 170 valence electrons. The fourth-order valence-electron chi connectivity index (χ4n) is 3.32. The van der Waals surface area contributed by atoms with Crippen LogP contribution in [-0.2, 0) is 17.6 Å². The average Bonchev–Trinajstić information content (AvgIpc) is 3.28. The summed E-state index contributed by atoms with van der Waals surface area (Å²) in [6.45, 7) is 4.53. The van der Waals surface area contributed by atoms with Gasteiger partial charge in [-0.2, -0.15) is 13.2 Å². The Bertz CT molecular complexity index is 844. The Morgan fingerprint density at radius 2 is 1.94 bits per heavy atom. The smallest absolute Gasteiger partial charge is 0.418 e. The van der Waals surface area contributed by atoms with Crippen LogP contribution in [0.1, 0.15) is 31.4 Å². The van der Waals surface area contributed by atoms with E-state index in [1.807, 2.05) is 13.8 Å². The van der Waals surface area contributed by atoms with Crippen molar-refractivity contribution in [2.24, 2.45) is 0 Å². The molecule has 2 heterocycles. The molecule has 31 heavy (non-hydrogen) atoms. The van der Waals surface area contributed by atoms with Crippen molar-refractivity contribution in [1.82, 2.24) is 9.88 Å². The van der Waals surface area contributed by atoms with E-state index in [-0.39, 0.29) is 30.9 Å². The van der Waals surface area contributed by atoms with Gasteiger partial charge in [-0.25, -0.2) is 0 Å². The van der Waals surface area contributed by atoms with Crippen LogP contribution in [0.5, 0.6) is 5.75 Å². The number of rotatable bonds is 6. The molecule has 0 bridgehead atoms. The van der Waals surface area contributed by atoms with E-state index in [2.05, 4.69) is 4.98 Å². The van der Waals surface area contributed by atoms with Crippen LogP contribution in [0.25, 0.3) is 0 Å². The number of alkyl halides is 3. The highest BCUT2D eigenvalue weighted by atomic mass is 19.4. The summed E-state index contributed by atoms with van der Waals surface area (Å²) >= 11 is 0. The second kappa shape index (κ2) is 11.0. The van der Waals surface area contributed by atoms with Gasteiger partial charge in [0.15, 0.2) is 6.61 Å². The molecule has 0 aliphatic carbocycles. The molecule has 2 aromatic rings. The van der Waals surface area contributed by atoms with Crippen molar-refractivity contribution in [3.8, 4) is 5.75 Å². The molecule has 0 radical (unpaired) electrons. The summed E-state index contributed by atoms with van der Waals surface area (Å²) in [5.74, 6) is 0.281. The van der Waals surface area contributed by atoms with Crippen LogP contribution in [0.2, 0.25) is 0 Å². The second-order valence-electron chi connectivity index (χ2n) is 6.87. The Morgan fingerprint density at radius 1 is 1.26 bits per heavy atom. The largest absolute Gasteiger partial charge is 0.484 e. The van der Waals surface area contributed by atoms with Gasteiger partial charge in [0.05, 0.1) is 24.1 Å². The van der Waals surface area contributed by atoms with E-state index in [0.717, 1.165) is 17.8 Å². The molecule has 1 N–H and O–H groups in total. The molecule has 1 aromatic heterocycles. The lowest BCUT2D eigenvalue weighted by atomic mass is 10.1. The lowest BCUT2D eigenvalue weighted by molar-refractivity contribution is -0.137. The Balaban J connectivity index is 0.00000166. The molecule has 1 aromatic carbocycles. The Morgan fingerprint density at radius 3 is 2.55 bits per heavy atom. The van der Waals surface area contributed by atoms with E-state index in [0.29, 0.717) is 25.3 Å². The molecule has 9 heteroatoms. The SMILES string of the molecule is CC.CN(c1cnccc1C(F)(F)F)C1CCN(C(=O)COc2ccc(CO)cc2)C1. The van der Waals surface area contributed by atoms with Crippen LogP contribution in [0.3, 0.4) is 0 Å². The number of anilines is 1. The molecular formula is C22H28F3N3O3. The number of nitrogens with zero attached hydrogens (tertiary/aromatic N) is 3. The number of hydrogen-bond donors (Lipinski definition) is 1. The van der Waals surface area contributed by atoms with Crippen molar-refractivity contribution in [3.05, 3.63) is 53.9 Å². The van der Waals surface area contributed by atoms with E-state index in [1.54, 1.807) is 36.2 Å². The zero-order chi connectivity index (χ0) is 23.0. The first-order valence-electron chi connectivity index (χ1n) is 10.1. The highest BCUT2D eigenvalue weighted by Gasteiger charge is 2.37. The number of carbonyl (C=O) groups is 1. The van der Waals surface area contributed by atoms with Crippen LogP contribution < -0.4 is 9.64 Å². The van der Waals surface area contributed by atoms with E-state index in [1.165, 1.54) is 11.1 Å². The average molecular weight is 439 g/mol. The first-order chi connectivity index (χ1) is 14.8. The number of aliphatic hydroxyl groups is 1. The number of pyridine rings is 1. The molecule has 1 amide bonds.